The zero-order valence-corrected chi connectivity index (χ0v) is 14.8. The molecule has 1 aliphatic rings. The molecule has 2 rings (SSSR count). The highest BCUT2D eigenvalue weighted by molar-refractivity contribution is 6.54. The molecule has 1 aromatic rings. The highest BCUT2D eigenvalue weighted by atomic mass is 35.5. The average molecular weight is 401 g/mol. The summed E-state index contributed by atoms with van der Waals surface area (Å²) >= 11 is 23.9. The molecular weight excluding hydrogens is 388 g/mol. The lowest BCUT2D eigenvalue weighted by Gasteiger charge is -2.35. The number of benzene rings is 1. The zero-order chi connectivity index (χ0) is 17.3. The maximum absolute atomic E-state index is 12.8. The van der Waals surface area contributed by atoms with Gasteiger partial charge in [0.1, 0.15) is 0 Å². The van der Waals surface area contributed by atoms with Gasteiger partial charge in [0.25, 0.3) is 5.91 Å². The summed E-state index contributed by atoms with van der Waals surface area (Å²) in [5, 5.41) is 17.8. The molecule has 0 saturated carbocycles. The van der Waals surface area contributed by atoms with Gasteiger partial charge in [-0.25, -0.2) is 4.79 Å². The van der Waals surface area contributed by atoms with Crippen LogP contribution in [0.25, 0.3) is 0 Å². The number of likely N-dealkylation sites (tertiary alicyclic amines) is 1. The number of carboxylic acids is 1. The van der Waals surface area contributed by atoms with Crippen molar-refractivity contribution in [3.05, 3.63) is 31.2 Å². The third-order valence-electron chi connectivity index (χ3n) is 3.79. The molecule has 0 spiro atoms. The van der Waals surface area contributed by atoms with E-state index in [0.717, 1.165) is 12.8 Å². The van der Waals surface area contributed by atoms with Gasteiger partial charge >= 0.3 is 5.97 Å². The van der Waals surface area contributed by atoms with E-state index in [2.05, 4.69) is 0 Å². The van der Waals surface area contributed by atoms with Crippen molar-refractivity contribution in [3.8, 4) is 0 Å². The van der Waals surface area contributed by atoms with Crippen molar-refractivity contribution < 1.29 is 19.8 Å². The molecular formula is C14H13Cl4NO4. The van der Waals surface area contributed by atoms with Crippen LogP contribution in [0.1, 0.15) is 40.0 Å². The van der Waals surface area contributed by atoms with Gasteiger partial charge in [0.15, 0.2) is 0 Å². The number of nitrogens with zero attached hydrogens (tertiary/aromatic N) is 1. The Balaban J connectivity index is 2.62. The number of hydrogen-bond donors (Lipinski definition) is 2. The molecule has 1 heterocycles. The van der Waals surface area contributed by atoms with Gasteiger partial charge < -0.3 is 15.1 Å². The first-order chi connectivity index (χ1) is 10.8. The molecule has 1 unspecified atom stereocenters. The summed E-state index contributed by atoms with van der Waals surface area (Å²) in [6.07, 6.45) is 2.24. The predicted octanol–water partition coefficient (Wildman–Crippen LogP) is 3.99. The SMILES string of the molecule is O=C(O)c1c(Cl)c(Cl)c(Cl)c(Cl)c1C(=O)N1CCCCC1CO. The number of carbonyl (C=O) groups is 2. The summed E-state index contributed by atoms with van der Waals surface area (Å²) in [5.41, 5.74) is -0.794. The summed E-state index contributed by atoms with van der Waals surface area (Å²) in [7, 11) is 0. The van der Waals surface area contributed by atoms with E-state index in [1.54, 1.807) is 0 Å². The van der Waals surface area contributed by atoms with Gasteiger partial charge in [-0.3, -0.25) is 4.79 Å². The number of carbonyl (C=O) groups excluding carboxylic acids is 1. The van der Waals surface area contributed by atoms with Gasteiger partial charge in [0.05, 0.1) is 43.9 Å². The minimum Gasteiger partial charge on any atom is -0.478 e. The van der Waals surface area contributed by atoms with Crippen LogP contribution in [0.15, 0.2) is 0 Å². The fraction of sp³-hybridized carbons (Fsp3) is 0.429. The molecule has 0 radical (unpaired) electrons. The van der Waals surface area contributed by atoms with Crippen LogP contribution in [-0.4, -0.2) is 46.2 Å². The fourth-order valence-electron chi connectivity index (χ4n) is 2.63. The van der Waals surface area contributed by atoms with Crippen LogP contribution in [0.5, 0.6) is 0 Å². The summed E-state index contributed by atoms with van der Waals surface area (Å²) in [5.74, 6) is -2.07. The smallest absolute Gasteiger partial charge is 0.338 e. The van der Waals surface area contributed by atoms with E-state index >= 15 is 0 Å². The van der Waals surface area contributed by atoms with Crippen LogP contribution in [0.4, 0.5) is 0 Å². The van der Waals surface area contributed by atoms with Crippen LogP contribution in [0.3, 0.4) is 0 Å². The fourth-order valence-corrected chi connectivity index (χ4v) is 3.65. The normalized spacial score (nSPS) is 18.1. The predicted molar refractivity (Wildman–Crippen MR) is 89.2 cm³/mol. The zero-order valence-electron chi connectivity index (χ0n) is 11.8. The Kier molecular flexibility index (Phi) is 6.03. The molecule has 1 aromatic carbocycles. The molecule has 1 aliphatic heterocycles. The van der Waals surface area contributed by atoms with Crippen LogP contribution in [0.2, 0.25) is 20.1 Å². The van der Waals surface area contributed by atoms with E-state index in [4.69, 9.17) is 46.4 Å². The molecule has 9 heteroatoms. The molecule has 23 heavy (non-hydrogen) atoms. The Hall–Kier alpha value is -0.720. The summed E-state index contributed by atoms with van der Waals surface area (Å²) in [4.78, 5) is 25.8. The average Bonchev–Trinajstić information content (AvgIpc) is 2.54. The molecule has 1 fully saturated rings. The van der Waals surface area contributed by atoms with Crippen molar-refractivity contribution in [1.29, 1.82) is 0 Å². The van der Waals surface area contributed by atoms with E-state index in [1.165, 1.54) is 4.90 Å². The monoisotopic (exact) mass is 399 g/mol. The summed E-state index contributed by atoms with van der Waals surface area (Å²) < 4.78 is 0. The lowest BCUT2D eigenvalue weighted by atomic mass is 9.99. The first kappa shape index (κ1) is 18.6. The number of aromatic carboxylic acids is 1. The Labute approximate surface area is 152 Å². The second-order valence-electron chi connectivity index (χ2n) is 5.14. The van der Waals surface area contributed by atoms with E-state index in [-0.39, 0.29) is 32.3 Å². The summed E-state index contributed by atoms with van der Waals surface area (Å²) in [6, 6.07) is -0.401. The van der Waals surface area contributed by atoms with Crippen molar-refractivity contribution in [2.24, 2.45) is 0 Å². The standard InChI is InChI=1S/C14H13Cl4NO4/c15-9-7(8(14(22)23)10(16)12(18)11(9)17)13(21)19-4-2-1-3-6(19)5-20/h6,20H,1-5H2,(H,22,23). The molecule has 0 aromatic heterocycles. The minimum atomic E-state index is -1.43. The quantitative estimate of drug-likeness (QED) is 0.594. The van der Waals surface area contributed by atoms with Crippen molar-refractivity contribution in [2.45, 2.75) is 25.3 Å². The second-order valence-corrected chi connectivity index (χ2v) is 6.65. The number of aliphatic hydroxyl groups is 1. The third kappa shape index (κ3) is 3.39. The molecule has 1 amide bonds. The van der Waals surface area contributed by atoms with Gasteiger partial charge in [0.2, 0.25) is 0 Å². The van der Waals surface area contributed by atoms with Crippen LogP contribution in [-0.2, 0) is 0 Å². The van der Waals surface area contributed by atoms with Crippen molar-refractivity contribution in [3.63, 3.8) is 0 Å². The number of amides is 1. The molecule has 1 atom stereocenters. The Morgan fingerprint density at radius 2 is 1.57 bits per heavy atom. The van der Waals surface area contributed by atoms with Crippen molar-refractivity contribution in [2.75, 3.05) is 13.2 Å². The minimum absolute atomic E-state index is 0.177. The molecule has 0 aliphatic carbocycles. The lowest BCUT2D eigenvalue weighted by Crippen LogP contribution is -2.46. The number of piperidine rings is 1. The number of aliphatic hydroxyl groups excluding tert-OH is 1. The summed E-state index contributed by atoms with van der Waals surface area (Å²) in [6.45, 7) is 0.165. The maximum Gasteiger partial charge on any atom is 0.338 e. The first-order valence-corrected chi connectivity index (χ1v) is 8.33. The van der Waals surface area contributed by atoms with Gasteiger partial charge in [-0.15, -0.1) is 0 Å². The van der Waals surface area contributed by atoms with Gasteiger partial charge in [-0.05, 0) is 19.3 Å². The lowest BCUT2D eigenvalue weighted by molar-refractivity contribution is 0.0495. The molecule has 5 nitrogen and oxygen atoms in total. The highest BCUT2D eigenvalue weighted by Gasteiger charge is 2.34. The molecule has 2 N–H and O–H groups in total. The van der Waals surface area contributed by atoms with Crippen LogP contribution >= 0.6 is 46.4 Å². The topological polar surface area (TPSA) is 77.8 Å². The van der Waals surface area contributed by atoms with Crippen LogP contribution < -0.4 is 0 Å². The molecule has 1 saturated heterocycles. The number of hydrogen-bond acceptors (Lipinski definition) is 3. The number of halogens is 4. The largest absolute Gasteiger partial charge is 0.478 e. The second kappa shape index (κ2) is 7.45. The van der Waals surface area contributed by atoms with Gasteiger partial charge in [0, 0.05) is 6.54 Å². The molecule has 0 bridgehead atoms. The third-order valence-corrected chi connectivity index (χ3v) is 5.60. The maximum atomic E-state index is 12.8. The Bertz CT molecular complexity index is 665. The van der Waals surface area contributed by atoms with E-state index in [0.29, 0.717) is 13.0 Å². The molecule has 126 valence electrons. The van der Waals surface area contributed by atoms with Crippen molar-refractivity contribution in [1.82, 2.24) is 4.90 Å². The van der Waals surface area contributed by atoms with E-state index in [9.17, 15) is 19.8 Å². The Morgan fingerprint density at radius 3 is 2.09 bits per heavy atom. The van der Waals surface area contributed by atoms with Crippen molar-refractivity contribution >= 4 is 58.3 Å². The van der Waals surface area contributed by atoms with Gasteiger partial charge in [-0.2, -0.15) is 0 Å². The first-order valence-electron chi connectivity index (χ1n) is 6.82. The number of carboxylic acid groups (broad SMARTS) is 1. The van der Waals surface area contributed by atoms with Crippen LogP contribution in [0, 0.1) is 0 Å². The van der Waals surface area contributed by atoms with E-state index in [1.807, 2.05) is 0 Å². The van der Waals surface area contributed by atoms with Gasteiger partial charge in [-0.1, -0.05) is 46.4 Å². The number of rotatable bonds is 3. The highest BCUT2D eigenvalue weighted by Crippen LogP contribution is 2.42. The van der Waals surface area contributed by atoms with E-state index < -0.39 is 23.5 Å². The Morgan fingerprint density at radius 1 is 1.00 bits per heavy atom.